The summed E-state index contributed by atoms with van der Waals surface area (Å²) >= 11 is 0. The molecule has 0 bridgehead atoms. The first-order chi connectivity index (χ1) is 25.6. The molecule has 0 aliphatic carbocycles. The van der Waals surface area contributed by atoms with Gasteiger partial charge in [-0.3, -0.25) is 13.6 Å². The first-order valence-corrected chi connectivity index (χ1v) is 17.8. The number of halogens is 4. The van der Waals surface area contributed by atoms with Crippen molar-refractivity contribution in [3.63, 3.8) is 0 Å². The molecule has 0 aliphatic heterocycles. The molecule has 2 aromatic heterocycles. The van der Waals surface area contributed by atoms with Gasteiger partial charge in [0.25, 0.3) is 0 Å². The van der Waals surface area contributed by atoms with Crippen molar-refractivity contribution in [1.29, 1.82) is 0 Å². The van der Waals surface area contributed by atoms with Gasteiger partial charge in [-0.05, 0) is 130 Å². The molecule has 0 spiro atoms. The zero-order valence-electron chi connectivity index (χ0n) is 30.1. The van der Waals surface area contributed by atoms with E-state index >= 15 is 0 Å². The van der Waals surface area contributed by atoms with Gasteiger partial charge in [-0.2, -0.15) is 0 Å². The van der Waals surface area contributed by atoms with E-state index in [0.29, 0.717) is 44.5 Å². The van der Waals surface area contributed by atoms with Crippen LogP contribution in [0.1, 0.15) is 61.6 Å². The highest BCUT2D eigenvalue weighted by molar-refractivity contribution is 7.33. The van der Waals surface area contributed by atoms with Gasteiger partial charge in [0.1, 0.15) is 34.5 Å². The van der Waals surface area contributed by atoms with Gasteiger partial charge in [0.15, 0.2) is 11.6 Å². The number of tetrazole rings is 2. The maximum atomic E-state index is 14.3. The maximum absolute atomic E-state index is 14.3. The molecule has 0 unspecified atom stereocenters. The summed E-state index contributed by atoms with van der Waals surface area (Å²) in [5.74, 6) is -1.46. The predicted molar refractivity (Wildman–Crippen MR) is 194 cm³/mol. The second-order valence-corrected chi connectivity index (χ2v) is 14.2. The van der Waals surface area contributed by atoms with Crippen molar-refractivity contribution < 1.29 is 31.2 Å². The Kier molecular flexibility index (Phi) is 10.9. The average Bonchev–Trinajstić information content (AvgIpc) is 3.74. The van der Waals surface area contributed by atoms with Crippen LogP contribution in [0.2, 0.25) is 0 Å². The topological polar surface area (TPSA) is 123 Å². The third-order valence-electron chi connectivity index (χ3n) is 8.60. The molecule has 6 rings (SSSR count). The Hall–Kier alpha value is -5.63. The molecule has 0 saturated carbocycles. The summed E-state index contributed by atoms with van der Waals surface area (Å²) in [5.41, 5.74) is 0.631. The van der Waals surface area contributed by atoms with Gasteiger partial charge in [-0.15, -0.1) is 10.2 Å². The Labute approximate surface area is 308 Å². The van der Waals surface area contributed by atoms with Gasteiger partial charge in [0.05, 0.1) is 0 Å². The quantitative estimate of drug-likeness (QED) is 0.0906. The molecule has 0 fully saturated rings. The Morgan fingerprint density at radius 2 is 0.778 bits per heavy atom. The molecule has 0 radical (unpaired) electrons. The predicted octanol–water partition coefficient (Wildman–Crippen LogP) is 7.89. The molecular formula is C38H35F4N8O3P. The van der Waals surface area contributed by atoms with Crippen LogP contribution in [0.3, 0.4) is 0 Å². The summed E-state index contributed by atoms with van der Waals surface area (Å²) in [4.78, 5) is 0. The van der Waals surface area contributed by atoms with Gasteiger partial charge >= 0.3 is 8.25 Å². The van der Waals surface area contributed by atoms with Gasteiger partial charge < -0.3 is 0 Å². The van der Waals surface area contributed by atoms with E-state index in [2.05, 4.69) is 31.1 Å². The van der Waals surface area contributed by atoms with Crippen molar-refractivity contribution >= 4 is 30.5 Å². The minimum Gasteiger partial charge on any atom is -0.300 e. The standard InChI is InChI=1S/C38H35F4N8O3P/c1-37(2,33(35-43-45-47-49(35)5)31(23-7-15-27(39)16-8-23)24-9-17-28(40)18-10-24)52-54(51)53-38(3,4)34(36-44-46-48-50(36)6)32(25-11-19-29(41)20-12-25)26-13-21-30(42)22-14-26/h7-22,54H,1-6H3. The minimum absolute atomic E-state index is 0.221. The first kappa shape index (κ1) is 38.1. The summed E-state index contributed by atoms with van der Waals surface area (Å²) in [6.07, 6.45) is 0. The second kappa shape index (κ2) is 15.4. The lowest BCUT2D eigenvalue weighted by Crippen LogP contribution is -2.30. The zero-order valence-corrected chi connectivity index (χ0v) is 31.1. The highest BCUT2D eigenvalue weighted by atomic mass is 31.1. The lowest BCUT2D eigenvalue weighted by Gasteiger charge is -2.34. The van der Waals surface area contributed by atoms with Crippen molar-refractivity contribution in [2.75, 3.05) is 0 Å². The minimum atomic E-state index is -3.53. The van der Waals surface area contributed by atoms with Crippen LogP contribution < -0.4 is 0 Å². The summed E-state index contributed by atoms with van der Waals surface area (Å²) in [6, 6.07) is 22.6. The molecule has 0 saturated heterocycles. The van der Waals surface area contributed by atoms with Crippen LogP contribution in [0.25, 0.3) is 22.3 Å². The van der Waals surface area contributed by atoms with Gasteiger partial charge in [-0.1, -0.05) is 48.5 Å². The largest absolute Gasteiger partial charge is 0.320 e. The monoisotopic (exact) mass is 758 g/mol. The van der Waals surface area contributed by atoms with Crippen LogP contribution in [0.4, 0.5) is 17.6 Å². The summed E-state index contributed by atoms with van der Waals surface area (Å²) in [7, 11) is -0.310. The number of aromatic nitrogens is 8. The van der Waals surface area contributed by atoms with Crippen LogP contribution in [0.15, 0.2) is 97.1 Å². The van der Waals surface area contributed by atoms with Crippen molar-refractivity contribution in [2.24, 2.45) is 14.1 Å². The van der Waals surface area contributed by atoms with E-state index in [1.54, 1.807) is 90.3 Å². The fraction of sp³-hybridized carbons (Fsp3) is 0.211. The van der Waals surface area contributed by atoms with Gasteiger partial charge in [0, 0.05) is 25.2 Å². The summed E-state index contributed by atoms with van der Waals surface area (Å²) < 4.78 is 86.5. The fourth-order valence-electron chi connectivity index (χ4n) is 6.16. The van der Waals surface area contributed by atoms with E-state index in [4.69, 9.17) is 9.05 Å². The molecule has 11 nitrogen and oxygen atoms in total. The Morgan fingerprint density at radius 1 is 0.519 bits per heavy atom. The number of hydrogen-bond donors (Lipinski definition) is 0. The smallest absolute Gasteiger partial charge is 0.300 e. The highest BCUT2D eigenvalue weighted by Gasteiger charge is 2.39. The van der Waals surface area contributed by atoms with Crippen LogP contribution in [-0.4, -0.2) is 51.6 Å². The van der Waals surface area contributed by atoms with E-state index in [-0.39, 0.29) is 11.6 Å². The molecule has 16 heteroatoms. The molecule has 6 aromatic rings. The highest BCUT2D eigenvalue weighted by Crippen LogP contribution is 2.49. The van der Waals surface area contributed by atoms with Crippen molar-refractivity contribution in [3.8, 4) is 0 Å². The first-order valence-electron chi connectivity index (χ1n) is 16.6. The molecule has 4 aromatic carbocycles. The van der Waals surface area contributed by atoms with E-state index in [9.17, 15) is 22.1 Å². The number of hydrogen-bond acceptors (Lipinski definition) is 9. The van der Waals surface area contributed by atoms with Gasteiger partial charge in [-0.25, -0.2) is 26.9 Å². The maximum Gasteiger partial charge on any atom is 0.320 e. The number of benzene rings is 4. The van der Waals surface area contributed by atoms with E-state index in [1.165, 1.54) is 57.9 Å². The summed E-state index contributed by atoms with van der Waals surface area (Å²) in [6.45, 7) is 6.59. The number of aryl methyl sites for hydroxylation is 2. The lowest BCUT2D eigenvalue weighted by atomic mass is 9.85. The SMILES string of the molecule is Cn1nnnc1C(=C(c1ccc(F)cc1)c1ccc(F)cc1)C(C)(C)O[PH](=O)OC(C)(C)C(=C(c1ccc(F)cc1)c1ccc(F)cc1)c1nnnn1C. The third-order valence-corrected chi connectivity index (χ3v) is 9.95. The van der Waals surface area contributed by atoms with Crippen molar-refractivity contribution in [1.82, 2.24) is 40.4 Å². The average molecular weight is 759 g/mol. The van der Waals surface area contributed by atoms with E-state index < -0.39 is 42.7 Å². The van der Waals surface area contributed by atoms with E-state index in [0.717, 1.165) is 0 Å². The fourth-order valence-corrected chi connectivity index (χ4v) is 7.24. The molecule has 2 heterocycles. The van der Waals surface area contributed by atoms with Gasteiger partial charge in [0.2, 0.25) is 0 Å². The molecule has 54 heavy (non-hydrogen) atoms. The lowest BCUT2D eigenvalue weighted by molar-refractivity contribution is 0.0991. The van der Waals surface area contributed by atoms with Crippen molar-refractivity contribution in [3.05, 3.63) is 154 Å². The van der Waals surface area contributed by atoms with Crippen LogP contribution in [0, 0.1) is 23.3 Å². The molecule has 0 aliphatic rings. The number of nitrogens with zero attached hydrogens (tertiary/aromatic N) is 8. The Morgan fingerprint density at radius 3 is 1.00 bits per heavy atom. The normalized spacial score (nSPS) is 11.9. The molecular weight excluding hydrogens is 723 g/mol. The third kappa shape index (κ3) is 8.13. The van der Waals surface area contributed by atoms with Crippen LogP contribution >= 0.6 is 8.25 Å². The Balaban J connectivity index is 1.50. The van der Waals surface area contributed by atoms with E-state index in [1.807, 2.05) is 0 Å². The molecule has 0 N–H and O–H groups in total. The molecule has 278 valence electrons. The molecule has 0 amide bonds. The number of rotatable bonds is 12. The van der Waals surface area contributed by atoms with Crippen molar-refractivity contribution in [2.45, 2.75) is 38.9 Å². The van der Waals surface area contributed by atoms with Crippen LogP contribution in [-0.2, 0) is 27.7 Å². The summed E-state index contributed by atoms with van der Waals surface area (Å²) in [5, 5.41) is 24.1. The molecule has 0 atom stereocenters. The van der Waals surface area contributed by atoms with Crippen LogP contribution in [0.5, 0.6) is 0 Å². The Bertz CT molecular complexity index is 2100. The zero-order chi connectivity index (χ0) is 38.8. The second-order valence-electron chi connectivity index (χ2n) is 13.3.